The molecule has 0 aliphatic heterocycles. The van der Waals surface area contributed by atoms with Gasteiger partial charge in [-0.1, -0.05) is 30.3 Å². The van der Waals surface area contributed by atoms with Gasteiger partial charge in [-0.3, -0.25) is 9.78 Å². The number of pyridine rings is 1. The highest BCUT2D eigenvalue weighted by molar-refractivity contribution is 5.77. The van der Waals surface area contributed by atoms with Crippen LogP contribution in [0.1, 0.15) is 29.2 Å². The Morgan fingerprint density at radius 3 is 2.37 bits per heavy atom. The largest absolute Gasteiger partial charge is 0.497 e. The van der Waals surface area contributed by atoms with Gasteiger partial charge in [0.25, 0.3) is 0 Å². The zero-order valence-electron chi connectivity index (χ0n) is 15.1. The van der Waals surface area contributed by atoms with Gasteiger partial charge in [0.2, 0.25) is 5.91 Å². The second-order valence-corrected chi connectivity index (χ2v) is 6.15. The van der Waals surface area contributed by atoms with Gasteiger partial charge in [0, 0.05) is 18.8 Å². The Morgan fingerprint density at radius 2 is 1.70 bits per heavy atom. The summed E-state index contributed by atoms with van der Waals surface area (Å²) in [5.74, 6) is 0.320. The van der Waals surface area contributed by atoms with E-state index >= 15 is 0 Å². The highest BCUT2D eigenvalue weighted by atomic mass is 19.1. The quantitative estimate of drug-likeness (QED) is 0.688. The van der Waals surface area contributed by atoms with Gasteiger partial charge in [0.15, 0.2) is 0 Å². The summed E-state index contributed by atoms with van der Waals surface area (Å²) >= 11 is 0. The average molecular weight is 364 g/mol. The van der Waals surface area contributed by atoms with Gasteiger partial charge >= 0.3 is 0 Å². The Labute approximate surface area is 158 Å². The second kappa shape index (κ2) is 8.94. The van der Waals surface area contributed by atoms with Crippen LogP contribution in [0.15, 0.2) is 73.1 Å². The molecule has 0 bridgehead atoms. The summed E-state index contributed by atoms with van der Waals surface area (Å²) in [5.41, 5.74) is 2.40. The summed E-state index contributed by atoms with van der Waals surface area (Å²) < 4.78 is 19.0. The first-order chi connectivity index (χ1) is 13.2. The number of aromatic nitrogens is 1. The van der Waals surface area contributed by atoms with Gasteiger partial charge in [-0.2, -0.15) is 0 Å². The molecule has 0 radical (unpaired) electrons. The maximum atomic E-state index is 13.8. The number of amides is 1. The van der Waals surface area contributed by atoms with Crippen LogP contribution in [-0.2, 0) is 11.2 Å². The van der Waals surface area contributed by atoms with Crippen molar-refractivity contribution in [3.05, 3.63) is 95.6 Å². The minimum absolute atomic E-state index is 0.143. The van der Waals surface area contributed by atoms with Crippen molar-refractivity contribution in [3.63, 3.8) is 0 Å². The van der Waals surface area contributed by atoms with Gasteiger partial charge in [0.05, 0.1) is 13.2 Å². The molecular weight excluding hydrogens is 343 g/mol. The fraction of sp³-hybridized carbons (Fsp3) is 0.182. The molecule has 0 fully saturated rings. The molecule has 138 valence electrons. The van der Waals surface area contributed by atoms with Crippen LogP contribution in [-0.4, -0.2) is 18.0 Å². The van der Waals surface area contributed by atoms with Crippen molar-refractivity contribution in [1.29, 1.82) is 0 Å². The molecule has 1 aromatic heterocycles. The molecule has 3 aromatic rings. The Bertz CT molecular complexity index is 882. The van der Waals surface area contributed by atoms with Crippen LogP contribution in [0.5, 0.6) is 5.75 Å². The van der Waals surface area contributed by atoms with Crippen LogP contribution in [0.4, 0.5) is 4.39 Å². The monoisotopic (exact) mass is 364 g/mol. The van der Waals surface area contributed by atoms with Crippen LogP contribution >= 0.6 is 0 Å². The molecule has 1 atom stereocenters. The molecule has 5 heteroatoms. The third kappa shape index (κ3) is 4.91. The topological polar surface area (TPSA) is 51.2 Å². The lowest BCUT2D eigenvalue weighted by Crippen LogP contribution is -2.29. The highest BCUT2D eigenvalue weighted by Crippen LogP contribution is 2.24. The SMILES string of the molecule is COc1ccc(C(NC(=O)CCc2ccccc2F)c2ccncc2)cc1. The molecule has 4 nitrogen and oxygen atoms in total. The number of nitrogens with zero attached hydrogens (tertiary/aromatic N) is 1. The zero-order chi connectivity index (χ0) is 19.1. The van der Waals surface area contributed by atoms with Crippen molar-refractivity contribution >= 4 is 5.91 Å². The van der Waals surface area contributed by atoms with Crippen molar-refractivity contribution in [1.82, 2.24) is 10.3 Å². The van der Waals surface area contributed by atoms with Crippen molar-refractivity contribution in [3.8, 4) is 5.75 Å². The maximum absolute atomic E-state index is 13.8. The molecule has 0 aliphatic rings. The second-order valence-electron chi connectivity index (χ2n) is 6.15. The number of benzene rings is 2. The van der Waals surface area contributed by atoms with Gasteiger partial charge in [-0.15, -0.1) is 0 Å². The van der Waals surface area contributed by atoms with E-state index in [0.29, 0.717) is 12.0 Å². The Morgan fingerprint density at radius 1 is 1.04 bits per heavy atom. The van der Waals surface area contributed by atoms with E-state index in [1.165, 1.54) is 6.07 Å². The molecule has 0 spiro atoms. The van der Waals surface area contributed by atoms with Gasteiger partial charge in [-0.25, -0.2) is 4.39 Å². The van der Waals surface area contributed by atoms with Crippen molar-refractivity contribution in [2.75, 3.05) is 7.11 Å². The van der Waals surface area contributed by atoms with E-state index in [1.807, 2.05) is 36.4 Å². The smallest absolute Gasteiger partial charge is 0.221 e. The number of nitrogens with one attached hydrogen (secondary N) is 1. The summed E-state index contributed by atoms with van der Waals surface area (Å²) in [6, 6.07) is 17.5. The molecular formula is C22H21FN2O2. The predicted octanol–water partition coefficient (Wildman–Crippen LogP) is 4.07. The zero-order valence-corrected chi connectivity index (χ0v) is 15.1. The van der Waals surface area contributed by atoms with E-state index in [-0.39, 0.29) is 24.2 Å². The van der Waals surface area contributed by atoms with E-state index in [0.717, 1.165) is 16.9 Å². The van der Waals surface area contributed by atoms with Gasteiger partial charge in [0.1, 0.15) is 11.6 Å². The fourth-order valence-electron chi connectivity index (χ4n) is 2.89. The minimum atomic E-state index is -0.313. The number of rotatable bonds is 7. The molecule has 0 saturated heterocycles. The number of methoxy groups -OCH3 is 1. The highest BCUT2D eigenvalue weighted by Gasteiger charge is 2.17. The first-order valence-electron chi connectivity index (χ1n) is 8.74. The summed E-state index contributed by atoms with van der Waals surface area (Å²) in [6.07, 6.45) is 3.94. The van der Waals surface area contributed by atoms with Gasteiger partial charge in [-0.05, 0) is 53.4 Å². The van der Waals surface area contributed by atoms with E-state index < -0.39 is 0 Å². The summed E-state index contributed by atoms with van der Waals surface area (Å²) in [4.78, 5) is 16.6. The standard InChI is InChI=1S/C22H21FN2O2/c1-27-19-9-6-17(7-10-19)22(18-12-14-24-15-13-18)25-21(26)11-8-16-4-2-3-5-20(16)23/h2-7,9-10,12-15,22H,8,11H2,1H3,(H,25,26). The fourth-order valence-corrected chi connectivity index (χ4v) is 2.89. The molecule has 0 saturated carbocycles. The Hall–Kier alpha value is -3.21. The lowest BCUT2D eigenvalue weighted by molar-refractivity contribution is -0.121. The van der Waals surface area contributed by atoms with E-state index in [4.69, 9.17) is 4.74 Å². The number of hydrogen-bond donors (Lipinski definition) is 1. The number of aryl methyl sites for hydroxylation is 1. The number of hydrogen-bond acceptors (Lipinski definition) is 3. The van der Waals surface area contributed by atoms with E-state index in [9.17, 15) is 9.18 Å². The number of carbonyl (C=O) groups is 1. The molecule has 1 N–H and O–H groups in total. The van der Waals surface area contributed by atoms with Crippen LogP contribution in [0, 0.1) is 5.82 Å². The first kappa shape index (κ1) is 18.6. The predicted molar refractivity (Wildman–Crippen MR) is 102 cm³/mol. The maximum Gasteiger partial charge on any atom is 0.221 e. The summed E-state index contributed by atoms with van der Waals surface area (Å²) in [6.45, 7) is 0. The molecule has 1 heterocycles. The minimum Gasteiger partial charge on any atom is -0.497 e. The third-order valence-electron chi connectivity index (χ3n) is 4.37. The van der Waals surface area contributed by atoms with E-state index in [1.54, 1.807) is 37.7 Å². The number of halogens is 1. The number of ether oxygens (including phenoxy) is 1. The lowest BCUT2D eigenvalue weighted by Gasteiger charge is -2.20. The first-order valence-corrected chi connectivity index (χ1v) is 8.74. The normalized spacial score (nSPS) is 11.6. The molecule has 1 unspecified atom stereocenters. The van der Waals surface area contributed by atoms with Crippen molar-refractivity contribution in [2.24, 2.45) is 0 Å². The third-order valence-corrected chi connectivity index (χ3v) is 4.37. The van der Waals surface area contributed by atoms with Gasteiger partial charge < -0.3 is 10.1 Å². The molecule has 3 rings (SSSR count). The summed E-state index contributed by atoms with van der Waals surface area (Å²) in [5, 5.41) is 3.05. The average Bonchev–Trinajstić information content (AvgIpc) is 2.72. The molecule has 0 aliphatic carbocycles. The van der Waals surface area contributed by atoms with Crippen molar-refractivity contribution in [2.45, 2.75) is 18.9 Å². The van der Waals surface area contributed by atoms with Crippen LogP contribution in [0.25, 0.3) is 0 Å². The van der Waals surface area contributed by atoms with E-state index in [2.05, 4.69) is 10.3 Å². The number of carbonyl (C=O) groups excluding carboxylic acids is 1. The lowest BCUT2D eigenvalue weighted by atomic mass is 9.99. The van der Waals surface area contributed by atoms with Crippen molar-refractivity contribution < 1.29 is 13.9 Å². The Balaban J connectivity index is 1.74. The Kier molecular flexibility index (Phi) is 6.15. The van der Waals surface area contributed by atoms with Crippen LogP contribution in [0.2, 0.25) is 0 Å². The summed E-state index contributed by atoms with van der Waals surface area (Å²) in [7, 11) is 1.61. The van der Waals surface area contributed by atoms with Crippen LogP contribution < -0.4 is 10.1 Å². The molecule has 1 amide bonds. The van der Waals surface area contributed by atoms with Crippen LogP contribution in [0.3, 0.4) is 0 Å². The molecule has 2 aromatic carbocycles. The molecule has 27 heavy (non-hydrogen) atoms.